The fourth-order valence-corrected chi connectivity index (χ4v) is 1.97. The quantitative estimate of drug-likeness (QED) is 0.891. The number of nitriles is 1. The van der Waals surface area contributed by atoms with Gasteiger partial charge in [0.25, 0.3) is 0 Å². The number of aryl methyl sites for hydroxylation is 1. The van der Waals surface area contributed by atoms with Gasteiger partial charge < -0.3 is 11.1 Å². The van der Waals surface area contributed by atoms with Crippen LogP contribution in [0.3, 0.4) is 0 Å². The number of primary amides is 1. The highest BCUT2D eigenvalue weighted by molar-refractivity contribution is 5.85. The van der Waals surface area contributed by atoms with Crippen molar-refractivity contribution in [2.24, 2.45) is 5.73 Å². The maximum absolute atomic E-state index is 11.7. The average Bonchev–Trinajstić information content (AvgIpc) is 2.46. The van der Waals surface area contributed by atoms with Crippen LogP contribution in [0.15, 0.2) is 48.5 Å². The van der Waals surface area contributed by atoms with E-state index in [4.69, 9.17) is 11.0 Å². The van der Waals surface area contributed by atoms with Gasteiger partial charge in [-0.1, -0.05) is 35.9 Å². The number of carbonyl (C=O) groups excluding carboxylic acids is 1. The monoisotopic (exact) mass is 265 g/mol. The van der Waals surface area contributed by atoms with E-state index in [1.54, 1.807) is 24.3 Å². The second-order valence-corrected chi connectivity index (χ2v) is 4.54. The number of hydrogen-bond donors (Lipinski definition) is 2. The molecule has 0 bridgehead atoms. The minimum atomic E-state index is -0.728. The van der Waals surface area contributed by atoms with Crippen molar-refractivity contribution in [3.05, 3.63) is 65.2 Å². The van der Waals surface area contributed by atoms with Crippen LogP contribution in [0.4, 0.5) is 5.69 Å². The van der Waals surface area contributed by atoms with Crippen LogP contribution in [-0.2, 0) is 4.79 Å². The second kappa shape index (κ2) is 5.89. The molecule has 2 rings (SSSR count). The van der Waals surface area contributed by atoms with Crippen molar-refractivity contribution in [2.45, 2.75) is 13.0 Å². The maximum Gasteiger partial charge on any atom is 0.244 e. The Balaban J connectivity index is 2.35. The number of nitrogens with one attached hydrogen (secondary N) is 1. The third kappa shape index (κ3) is 2.96. The molecule has 0 heterocycles. The van der Waals surface area contributed by atoms with E-state index < -0.39 is 11.9 Å². The van der Waals surface area contributed by atoms with Crippen molar-refractivity contribution in [1.82, 2.24) is 0 Å². The Labute approximate surface area is 117 Å². The molecule has 0 aromatic heterocycles. The third-order valence-electron chi connectivity index (χ3n) is 3.04. The molecule has 0 spiro atoms. The highest BCUT2D eigenvalue weighted by Gasteiger charge is 2.20. The fraction of sp³-hybridized carbons (Fsp3) is 0.125. The normalized spacial score (nSPS) is 11.4. The molecule has 1 atom stereocenters. The van der Waals surface area contributed by atoms with Crippen molar-refractivity contribution >= 4 is 11.6 Å². The summed E-state index contributed by atoms with van der Waals surface area (Å²) in [7, 11) is 0. The summed E-state index contributed by atoms with van der Waals surface area (Å²) in [5, 5.41) is 12.2. The summed E-state index contributed by atoms with van der Waals surface area (Å²) in [5.74, 6) is -0.520. The number of rotatable bonds is 4. The van der Waals surface area contributed by atoms with Crippen LogP contribution < -0.4 is 11.1 Å². The molecule has 4 heteroatoms. The summed E-state index contributed by atoms with van der Waals surface area (Å²) < 4.78 is 0. The smallest absolute Gasteiger partial charge is 0.244 e. The zero-order valence-corrected chi connectivity index (χ0v) is 11.1. The molecule has 0 saturated carbocycles. The van der Waals surface area contributed by atoms with Gasteiger partial charge in [-0.3, -0.25) is 4.79 Å². The van der Waals surface area contributed by atoms with Crippen molar-refractivity contribution < 1.29 is 4.79 Å². The van der Waals surface area contributed by atoms with Crippen LogP contribution in [0.25, 0.3) is 0 Å². The SMILES string of the molecule is Cc1ccc(NC(C(N)=O)c2ccccc2C#N)cc1. The molecular weight excluding hydrogens is 250 g/mol. The van der Waals surface area contributed by atoms with E-state index in [0.29, 0.717) is 11.1 Å². The van der Waals surface area contributed by atoms with Crippen LogP contribution in [0.5, 0.6) is 0 Å². The van der Waals surface area contributed by atoms with Crippen molar-refractivity contribution in [3.8, 4) is 6.07 Å². The molecular formula is C16H15N3O. The summed E-state index contributed by atoms with van der Waals surface area (Å²) in [4.78, 5) is 11.7. The minimum absolute atomic E-state index is 0.441. The standard InChI is InChI=1S/C16H15N3O/c1-11-6-8-13(9-7-11)19-15(16(18)20)14-5-3-2-4-12(14)10-17/h2-9,15,19H,1H3,(H2,18,20). The molecule has 20 heavy (non-hydrogen) atoms. The van der Waals surface area contributed by atoms with Gasteiger partial charge in [-0.15, -0.1) is 0 Å². The number of nitrogens with two attached hydrogens (primary N) is 1. The predicted octanol–water partition coefficient (Wildman–Crippen LogP) is 2.51. The van der Waals surface area contributed by atoms with E-state index in [9.17, 15) is 4.79 Å². The molecule has 1 unspecified atom stereocenters. The van der Waals surface area contributed by atoms with E-state index in [-0.39, 0.29) is 0 Å². The summed E-state index contributed by atoms with van der Waals surface area (Å²) in [6.45, 7) is 1.99. The van der Waals surface area contributed by atoms with E-state index in [0.717, 1.165) is 11.3 Å². The predicted molar refractivity (Wildman–Crippen MR) is 77.9 cm³/mol. The van der Waals surface area contributed by atoms with Crippen molar-refractivity contribution in [1.29, 1.82) is 5.26 Å². The molecule has 2 aromatic rings. The first kappa shape index (κ1) is 13.6. The van der Waals surface area contributed by atoms with Gasteiger partial charge in [0, 0.05) is 11.3 Å². The summed E-state index contributed by atoms with van der Waals surface area (Å²) in [5.41, 5.74) is 8.40. The highest BCUT2D eigenvalue weighted by atomic mass is 16.1. The molecule has 0 saturated heterocycles. The number of anilines is 1. The molecule has 0 aliphatic heterocycles. The van der Waals surface area contributed by atoms with Crippen molar-refractivity contribution in [2.75, 3.05) is 5.32 Å². The Kier molecular flexibility index (Phi) is 4.02. The average molecular weight is 265 g/mol. The lowest BCUT2D eigenvalue weighted by Crippen LogP contribution is -2.28. The van der Waals surface area contributed by atoms with Gasteiger partial charge >= 0.3 is 0 Å². The van der Waals surface area contributed by atoms with Crippen LogP contribution in [0.2, 0.25) is 0 Å². The largest absolute Gasteiger partial charge is 0.370 e. The van der Waals surface area contributed by atoms with Gasteiger partial charge in [0.15, 0.2) is 0 Å². The molecule has 4 nitrogen and oxygen atoms in total. The first-order valence-corrected chi connectivity index (χ1v) is 6.23. The Morgan fingerprint density at radius 1 is 1.20 bits per heavy atom. The van der Waals surface area contributed by atoms with Gasteiger partial charge in [0.1, 0.15) is 6.04 Å². The number of hydrogen-bond acceptors (Lipinski definition) is 3. The third-order valence-corrected chi connectivity index (χ3v) is 3.04. The van der Waals surface area contributed by atoms with Crippen LogP contribution in [0.1, 0.15) is 22.7 Å². The number of carbonyl (C=O) groups is 1. The minimum Gasteiger partial charge on any atom is -0.370 e. The van der Waals surface area contributed by atoms with E-state index >= 15 is 0 Å². The van der Waals surface area contributed by atoms with Crippen molar-refractivity contribution in [3.63, 3.8) is 0 Å². The molecule has 1 amide bonds. The number of nitrogens with zero attached hydrogens (tertiary/aromatic N) is 1. The molecule has 0 aliphatic carbocycles. The fourth-order valence-electron chi connectivity index (χ4n) is 1.97. The van der Waals surface area contributed by atoms with Gasteiger partial charge in [-0.2, -0.15) is 5.26 Å². The summed E-state index contributed by atoms with van der Waals surface area (Å²) in [6, 6.07) is 15.9. The first-order valence-electron chi connectivity index (χ1n) is 6.23. The lowest BCUT2D eigenvalue weighted by Gasteiger charge is -2.18. The molecule has 0 aliphatic rings. The zero-order chi connectivity index (χ0) is 14.5. The second-order valence-electron chi connectivity index (χ2n) is 4.54. The van der Waals surface area contributed by atoms with Crippen LogP contribution >= 0.6 is 0 Å². The van der Waals surface area contributed by atoms with Gasteiger partial charge in [0.2, 0.25) is 5.91 Å². The number of benzene rings is 2. The summed E-state index contributed by atoms with van der Waals surface area (Å²) >= 11 is 0. The van der Waals surface area contributed by atoms with Gasteiger partial charge in [-0.05, 0) is 25.1 Å². The van der Waals surface area contributed by atoms with E-state index in [1.807, 2.05) is 31.2 Å². The van der Waals surface area contributed by atoms with E-state index in [1.165, 1.54) is 0 Å². The van der Waals surface area contributed by atoms with Crippen LogP contribution in [-0.4, -0.2) is 5.91 Å². The topological polar surface area (TPSA) is 78.9 Å². The zero-order valence-electron chi connectivity index (χ0n) is 11.1. The highest BCUT2D eigenvalue weighted by Crippen LogP contribution is 2.22. The van der Waals surface area contributed by atoms with E-state index in [2.05, 4.69) is 11.4 Å². The molecule has 100 valence electrons. The molecule has 3 N–H and O–H groups in total. The molecule has 0 radical (unpaired) electrons. The Morgan fingerprint density at radius 2 is 1.85 bits per heavy atom. The first-order chi connectivity index (χ1) is 9.61. The Hall–Kier alpha value is -2.80. The summed E-state index contributed by atoms with van der Waals surface area (Å²) in [6.07, 6.45) is 0. The lowest BCUT2D eigenvalue weighted by molar-refractivity contribution is -0.118. The molecule has 2 aromatic carbocycles. The van der Waals surface area contributed by atoms with Gasteiger partial charge in [-0.25, -0.2) is 0 Å². The lowest BCUT2D eigenvalue weighted by atomic mass is 10.00. The van der Waals surface area contributed by atoms with Gasteiger partial charge in [0.05, 0.1) is 11.6 Å². The molecule has 0 fully saturated rings. The number of amides is 1. The Morgan fingerprint density at radius 3 is 2.45 bits per heavy atom. The Bertz CT molecular complexity index is 656. The van der Waals surface area contributed by atoms with Crippen LogP contribution in [0, 0.1) is 18.3 Å². The maximum atomic E-state index is 11.7.